The summed E-state index contributed by atoms with van der Waals surface area (Å²) in [7, 11) is -3.94. The number of phenolic OH excluding ortho intramolecular Hbond substituents is 2. The number of fused-ring (bicyclic) bond motifs is 1. The van der Waals surface area contributed by atoms with Gasteiger partial charge in [0.1, 0.15) is 11.4 Å². The van der Waals surface area contributed by atoms with Crippen molar-refractivity contribution in [2.75, 3.05) is 4.72 Å². The number of carbonyl (C=O) groups excluding carboxylic acids is 1. The van der Waals surface area contributed by atoms with Gasteiger partial charge in [-0.3, -0.25) is 9.52 Å². The summed E-state index contributed by atoms with van der Waals surface area (Å²) >= 11 is 0. The van der Waals surface area contributed by atoms with Crippen molar-refractivity contribution in [3.8, 4) is 11.5 Å². The van der Waals surface area contributed by atoms with E-state index in [-0.39, 0.29) is 33.3 Å². The zero-order valence-electron chi connectivity index (χ0n) is 23.4. The Morgan fingerprint density at radius 1 is 0.750 bits per heavy atom. The molecule has 0 aliphatic heterocycles. The average Bonchev–Trinajstić information content (AvgIpc) is 2.88. The van der Waals surface area contributed by atoms with Crippen LogP contribution in [0.15, 0.2) is 87.9 Å². The van der Waals surface area contributed by atoms with E-state index in [0.717, 1.165) is 0 Å². The first-order valence-corrected chi connectivity index (χ1v) is 14.2. The van der Waals surface area contributed by atoms with Crippen molar-refractivity contribution in [2.24, 2.45) is 10.2 Å². The van der Waals surface area contributed by atoms with Crippen LogP contribution in [-0.4, -0.2) is 24.5 Å². The number of anilines is 1. The molecular formula is C31H33N3O5S. The van der Waals surface area contributed by atoms with Crippen molar-refractivity contribution < 1.29 is 23.4 Å². The van der Waals surface area contributed by atoms with E-state index in [1.165, 1.54) is 18.2 Å². The molecule has 40 heavy (non-hydrogen) atoms. The lowest BCUT2D eigenvalue weighted by molar-refractivity contribution is 0.0994. The van der Waals surface area contributed by atoms with Gasteiger partial charge in [-0.1, -0.05) is 84.0 Å². The van der Waals surface area contributed by atoms with E-state index < -0.39 is 26.8 Å². The lowest BCUT2D eigenvalue weighted by atomic mass is 9.78. The second-order valence-corrected chi connectivity index (χ2v) is 13.4. The molecule has 0 saturated carbocycles. The minimum absolute atomic E-state index is 0.0714. The molecule has 1 amide bonds. The van der Waals surface area contributed by atoms with Gasteiger partial charge in [0, 0.05) is 27.5 Å². The van der Waals surface area contributed by atoms with Crippen LogP contribution in [0.5, 0.6) is 11.5 Å². The number of phenols is 2. The molecule has 0 fully saturated rings. The predicted molar refractivity (Wildman–Crippen MR) is 157 cm³/mol. The number of azo groups is 1. The third kappa shape index (κ3) is 5.84. The average molecular weight is 560 g/mol. The number of hydrogen-bond donors (Lipinski definition) is 3. The summed E-state index contributed by atoms with van der Waals surface area (Å²) in [6.45, 7) is 11.6. The minimum atomic E-state index is -3.94. The fraction of sp³-hybridized carbons (Fsp3) is 0.258. The van der Waals surface area contributed by atoms with Gasteiger partial charge in [-0.05, 0) is 41.2 Å². The summed E-state index contributed by atoms with van der Waals surface area (Å²) < 4.78 is 28.7. The molecule has 4 rings (SSSR count). The van der Waals surface area contributed by atoms with Crippen molar-refractivity contribution in [3.05, 3.63) is 89.5 Å². The molecule has 0 aliphatic rings. The maximum atomic E-state index is 13.2. The second kappa shape index (κ2) is 10.4. The van der Waals surface area contributed by atoms with Crippen LogP contribution < -0.4 is 4.72 Å². The summed E-state index contributed by atoms with van der Waals surface area (Å²) in [5.41, 5.74) is 0.644. The molecule has 0 atom stereocenters. The van der Waals surface area contributed by atoms with Gasteiger partial charge in [-0.2, -0.15) is 0 Å². The maximum absolute atomic E-state index is 13.2. The normalized spacial score (nSPS) is 12.7. The Morgan fingerprint density at radius 2 is 1.27 bits per heavy atom. The van der Waals surface area contributed by atoms with Crippen molar-refractivity contribution in [1.82, 2.24) is 0 Å². The third-order valence-electron chi connectivity index (χ3n) is 6.52. The molecule has 0 spiro atoms. The lowest BCUT2D eigenvalue weighted by Crippen LogP contribution is -2.18. The smallest absolute Gasteiger partial charge is 0.295 e. The molecule has 0 aliphatic carbocycles. The number of benzene rings is 4. The van der Waals surface area contributed by atoms with E-state index in [1.54, 1.807) is 54.6 Å². The minimum Gasteiger partial charge on any atom is -0.507 e. The zero-order valence-corrected chi connectivity index (χ0v) is 24.2. The first-order chi connectivity index (χ1) is 18.6. The molecular weight excluding hydrogens is 526 g/mol. The third-order valence-corrected chi connectivity index (χ3v) is 7.90. The number of carbonyl (C=O) groups is 1. The van der Waals surface area contributed by atoms with Crippen LogP contribution in [0.25, 0.3) is 10.8 Å². The van der Waals surface area contributed by atoms with E-state index in [1.807, 2.05) is 41.5 Å². The summed E-state index contributed by atoms with van der Waals surface area (Å²) in [5, 5.41) is 30.6. The maximum Gasteiger partial charge on any atom is 0.295 e. The molecule has 0 heterocycles. The predicted octanol–water partition coefficient (Wildman–Crippen LogP) is 7.57. The molecule has 3 N–H and O–H groups in total. The molecule has 4 aromatic rings. The highest BCUT2D eigenvalue weighted by Gasteiger charge is 2.28. The first-order valence-electron chi connectivity index (χ1n) is 12.8. The molecule has 208 valence electrons. The van der Waals surface area contributed by atoms with Crippen molar-refractivity contribution >= 4 is 38.1 Å². The number of nitrogens with zero attached hydrogens (tertiary/aromatic N) is 2. The van der Waals surface area contributed by atoms with Crippen LogP contribution in [0.2, 0.25) is 0 Å². The van der Waals surface area contributed by atoms with Gasteiger partial charge in [0.15, 0.2) is 5.75 Å². The molecule has 4 aromatic carbocycles. The highest BCUT2D eigenvalue weighted by molar-refractivity contribution is 7.92. The Hall–Kier alpha value is -4.24. The number of sulfonamides is 1. The van der Waals surface area contributed by atoms with Crippen LogP contribution >= 0.6 is 0 Å². The van der Waals surface area contributed by atoms with Gasteiger partial charge in [0.05, 0.1) is 10.6 Å². The molecule has 8 nitrogen and oxygen atoms in total. The lowest BCUT2D eigenvalue weighted by Gasteiger charge is -2.27. The Bertz CT molecular complexity index is 1700. The largest absolute Gasteiger partial charge is 0.507 e. The van der Waals surface area contributed by atoms with Crippen LogP contribution in [0.1, 0.15) is 63.0 Å². The number of aromatic hydroxyl groups is 2. The summed E-state index contributed by atoms with van der Waals surface area (Å²) in [6.07, 6.45) is 0. The number of amides is 1. The summed E-state index contributed by atoms with van der Waals surface area (Å²) in [6, 6.07) is 19.2. The highest BCUT2D eigenvalue weighted by Crippen LogP contribution is 2.42. The van der Waals surface area contributed by atoms with Crippen molar-refractivity contribution in [2.45, 2.75) is 57.3 Å². The zero-order chi connectivity index (χ0) is 29.5. The van der Waals surface area contributed by atoms with E-state index >= 15 is 0 Å². The Labute approximate surface area is 234 Å². The van der Waals surface area contributed by atoms with E-state index in [9.17, 15) is 23.4 Å². The molecule has 0 aromatic heterocycles. The van der Waals surface area contributed by atoms with Gasteiger partial charge >= 0.3 is 0 Å². The monoisotopic (exact) mass is 559 g/mol. The quantitative estimate of drug-likeness (QED) is 0.172. The fourth-order valence-corrected chi connectivity index (χ4v) is 5.46. The standard InChI is InChI=1S/C31H33N3O5S/c1-30(2,3)23-16-19(17-24(28(23)36)31(4,5)6)29(37)33-32-26-18-25(21-14-10-11-15-22(21)27(26)35)34-40(38,39)20-12-8-7-9-13-20/h7-18,34-36H,1-6H3. The van der Waals surface area contributed by atoms with Crippen molar-refractivity contribution in [3.63, 3.8) is 0 Å². The van der Waals surface area contributed by atoms with Crippen LogP contribution in [0.4, 0.5) is 11.4 Å². The van der Waals surface area contributed by atoms with Gasteiger partial charge in [0.25, 0.3) is 15.9 Å². The molecule has 0 unspecified atom stereocenters. The van der Waals surface area contributed by atoms with Gasteiger partial charge < -0.3 is 10.2 Å². The van der Waals surface area contributed by atoms with Crippen LogP contribution in [0, 0.1) is 0 Å². The summed E-state index contributed by atoms with van der Waals surface area (Å²) in [4.78, 5) is 13.3. The SMILES string of the molecule is CC(C)(C)c1cc(C(=O)N=Nc2cc(NS(=O)(=O)c3ccccc3)c3ccccc3c2O)cc(C(C)(C)C)c1O. The van der Waals surface area contributed by atoms with Crippen LogP contribution in [-0.2, 0) is 20.9 Å². The molecule has 0 bridgehead atoms. The Kier molecular flexibility index (Phi) is 7.47. The van der Waals surface area contributed by atoms with Gasteiger partial charge in [-0.25, -0.2) is 8.42 Å². The number of hydrogen-bond acceptors (Lipinski definition) is 6. The number of nitrogens with one attached hydrogen (secondary N) is 1. The Morgan fingerprint density at radius 3 is 1.82 bits per heavy atom. The van der Waals surface area contributed by atoms with Gasteiger partial charge in [-0.15, -0.1) is 10.2 Å². The van der Waals surface area contributed by atoms with Gasteiger partial charge in [0.2, 0.25) is 0 Å². The first kappa shape index (κ1) is 28.8. The van der Waals surface area contributed by atoms with Crippen molar-refractivity contribution in [1.29, 1.82) is 0 Å². The van der Waals surface area contributed by atoms with E-state index in [0.29, 0.717) is 21.9 Å². The topological polar surface area (TPSA) is 128 Å². The Balaban J connectivity index is 1.79. The van der Waals surface area contributed by atoms with E-state index in [4.69, 9.17) is 0 Å². The number of rotatable bonds is 5. The second-order valence-electron chi connectivity index (χ2n) is 11.7. The van der Waals surface area contributed by atoms with Crippen LogP contribution in [0.3, 0.4) is 0 Å². The highest BCUT2D eigenvalue weighted by atomic mass is 32.2. The molecule has 0 radical (unpaired) electrons. The summed E-state index contributed by atoms with van der Waals surface area (Å²) in [5.74, 6) is -0.780. The fourth-order valence-electron chi connectivity index (χ4n) is 4.37. The molecule has 0 saturated heterocycles. The van der Waals surface area contributed by atoms with E-state index in [2.05, 4.69) is 15.0 Å². The molecule has 9 heteroatoms.